The van der Waals surface area contributed by atoms with E-state index in [0.29, 0.717) is 22.9 Å². The first-order valence-electron chi connectivity index (χ1n) is 9.71. The fourth-order valence-electron chi connectivity index (χ4n) is 4.16. The Morgan fingerprint density at radius 1 is 0.929 bits per heavy atom. The Kier molecular flexibility index (Phi) is 4.75. The van der Waals surface area contributed by atoms with Crippen molar-refractivity contribution in [2.75, 3.05) is 4.90 Å². The molecule has 0 spiro atoms. The van der Waals surface area contributed by atoms with E-state index in [4.69, 9.17) is 4.74 Å². The number of carbonyl (C=O) groups is 3. The molecule has 4 rings (SSSR count). The Hall–Kier alpha value is -2.95. The van der Waals surface area contributed by atoms with E-state index >= 15 is 0 Å². The van der Waals surface area contributed by atoms with E-state index in [1.807, 2.05) is 19.1 Å². The van der Waals surface area contributed by atoms with Crippen molar-refractivity contribution in [3.63, 3.8) is 0 Å². The highest BCUT2D eigenvalue weighted by atomic mass is 16.5. The summed E-state index contributed by atoms with van der Waals surface area (Å²) in [6.07, 6.45) is 2.53. The van der Waals surface area contributed by atoms with E-state index in [1.165, 1.54) is 4.90 Å². The van der Waals surface area contributed by atoms with E-state index in [2.05, 4.69) is 6.92 Å². The molecule has 2 aromatic carbocycles. The number of imide groups is 1. The van der Waals surface area contributed by atoms with Crippen molar-refractivity contribution in [3.05, 3.63) is 59.7 Å². The number of ether oxygens (including phenoxy) is 1. The second kappa shape index (κ2) is 7.23. The molecule has 1 aliphatic heterocycles. The van der Waals surface area contributed by atoms with E-state index in [1.54, 1.807) is 36.4 Å². The number of nitrogens with zero attached hydrogens (tertiary/aromatic N) is 1. The van der Waals surface area contributed by atoms with Crippen LogP contribution in [-0.2, 0) is 9.59 Å². The average molecular weight is 377 g/mol. The first-order valence-corrected chi connectivity index (χ1v) is 9.71. The number of benzene rings is 2. The third-order valence-corrected chi connectivity index (χ3v) is 5.78. The van der Waals surface area contributed by atoms with Crippen LogP contribution in [0, 0.1) is 24.7 Å². The zero-order valence-corrected chi connectivity index (χ0v) is 16.1. The van der Waals surface area contributed by atoms with Crippen molar-refractivity contribution in [2.45, 2.75) is 33.1 Å². The van der Waals surface area contributed by atoms with Crippen molar-refractivity contribution in [1.82, 2.24) is 0 Å². The maximum atomic E-state index is 12.8. The highest BCUT2D eigenvalue weighted by Crippen LogP contribution is 2.42. The lowest BCUT2D eigenvalue weighted by Crippen LogP contribution is -2.30. The molecule has 1 aliphatic carbocycles. The standard InChI is InChI=1S/C23H23NO4/c1-14-3-10-18(11-4-14)28-23(27)16-6-8-17(9-7-16)24-21(25)19-12-5-15(2)13-20(19)22(24)26/h3-4,6-11,15,19-20H,5,12-13H2,1-2H3/t15-,19-,20+/m0/s1. The minimum absolute atomic E-state index is 0.114. The molecular formula is C23H23NO4. The molecule has 144 valence electrons. The zero-order chi connectivity index (χ0) is 19.8. The summed E-state index contributed by atoms with van der Waals surface area (Å²) < 4.78 is 5.37. The van der Waals surface area contributed by atoms with Crippen LogP contribution in [0.25, 0.3) is 0 Å². The molecule has 0 unspecified atom stereocenters. The molecule has 3 atom stereocenters. The van der Waals surface area contributed by atoms with Gasteiger partial charge in [0.15, 0.2) is 0 Å². The first-order chi connectivity index (χ1) is 13.4. The molecule has 1 saturated heterocycles. The van der Waals surface area contributed by atoms with E-state index in [0.717, 1.165) is 24.8 Å². The van der Waals surface area contributed by atoms with Gasteiger partial charge < -0.3 is 4.74 Å². The topological polar surface area (TPSA) is 63.7 Å². The van der Waals surface area contributed by atoms with E-state index < -0.39 is 5.97 Å². The Bertz CT molecular complexity index is 917. The molecule has 0 radical (unpaired) electrons. The van der Waals surface area contributed by atoms with Crippen LogP contribution in [-0.4, -0.2) is 17.8 Å². The van der Waals surface area contributed by atoms with Crippen molar-refractivity contribution in [3.8, 4) is 5.75 Å². The van der Waals surface area contributed by atoms with Crippen LogP contribution in [0.3, 0.4) is 0 Å². The number of anilines is 1. The quantitative estimate of drug-likeness (QED) is 0.458. The number of esters is 1. The number of hydrogen-bond acceptors (Lipinski definition) is 4. The van der Waals surface area contributed by atoms with Gasteiger partial charge >= 0.3 is 5.97 Å². The molecule has 2 aliphatic rings. The van der Waals surface area contributed by atoms with Gasteiger partial charge in [-0.15, -0.1) is 0 Å². The molecule has 0 aromatic heterocycles. The van der Waals surface area contributed by atoms with Gasteiger partial charge in [0.1, 0.15) is 5.75 Å². The molecule has 2 aromatic rings. The van der Waals surface area contributed by atoms with Crippen molar-refractivity contribution in [2.24, 2.45) is 17.8 Å². The maximum Gasteiger partial charge on any atom is 0.343 e. The monoisotopic (exact) mass is 377 g/mol. The number of amides is 2. The summed E-state index contributed by atoms with van der Waals surface area (Å²) in [7, 11) is 0. The predicted octanol–water partition coefficient (Wildman–Crippen LogP) is 4.14. The normalized spacial score (nSPS) is 24.2. The van der Waals surface area contributed by atoms with Crippen LogP contribution in [0.4, 0.5) is 5.69 Å². The summed E-state index contributed by atoms with van der Waals surface area (Å²) in [6, 6.07) is 13.7. The molecule has 0 N–H and O–H groups in total. The summed E-state index contributed by atoms with van der Waals surface area (Å²) in [6.45, 7) is 4.09. The number of rotatable bonds is 3. The number of fused-ring (bicyclic) bond motifs is 1. The van der Waals surface area contributed by atoms with Gasteiger partial charge in [-0.05, 0) is 68.5 Å². The smallest absolute Gasteiger partial charge is 0.343 e. The van der Waals surface area contributed by atoms with Crippen LogP contribution < -0.4 is 9.64 Å². The van der Waals surface area contributed by atoms with Crippen LogP contribution in [0.15, 0.2) is 48.5 Å². The van der Waals surface area contributed by atoms with E-state index in [9.17, 15) is 14.4 Å². The lowest BCUT2D eigenvalue weighted by molar-refractivity contribution is -0.122. The van der Waals surface area contributed by atoms with E-state index in [-0.39, 0.29) is 23.7 Å². The summed E-state index contributed by atoms with van der Waals surface area (Å²) in [5.41, 5.74) is 1.97. The van der Waals surface area contributed by atoms with Crippen LogP contribution >= 0.6 is 0 Å². The average Bonchev–Trinajstić information content (AvgIpc) is 2.93. The molecule has 28 heavy (non-hydrogen) atoms. The highest BCUT2D eigenvalue weighted by molar-refractivity contribution is 6.22. The van der Waals surface area contributed by atoms with Gasteiger partial charge in [-0.3, -0.25) is 14.5 Å². The van der Waals surface area contributed by atoms with Gasteiger partial charge in [0.25, 0.3) is 0 Å². The fourth-order valence-corrected chi connectivity index (χ4v) is 4.16. The largest absolute Gasteiger partial charge is 0.423 e. The van der Waals surface area contributed by atoms with Crippen molar-refractivity contribution >= 4 is 23.5 Å². The molecule has 1 saturated carbocycles. The van der Waals surface area contributed by atoms with Gasteiger partial charge in [0.2, 0.25) is 11.8 Å². The number of carbonyl (C=O) groups excluding carboxylic acids is 3. The molecule has 0 bridgehead atoms. The number of hydrogen-bond donors (Lipinski definition) is 0. The van der Waals surface area contributed by atoms with Crippen LogP contribution in [0.2, 0.25) is 0 Å². The molecular weight excluding hydrogens is 354 g/mol. The third kappa shape index (κ3) is 3.33. The van der Waals surface area contributed by atoms with Gasteiger partial charge in [-0.1, -0.05) is 24.6 Å². The first kappa shape index (κ1) is 18.4. The van der Waals surface area contributed by atoms with Gasteiger partial charge in [-0.2, -0.15) is 0 Å². The molecule has 5 heteroatoms. The second-order valence-corrected chi connectivity index (χ2v) is 7.89. The lowest BCUT2D eigenvalue weighted by atomic mass is 9.76. The minimum atomic E-state index is -0.475. The molecule has 5 nitrogen and oxygen atoms in total. The maximum absolute atomic E-state index is 12.8. The lowest BCUT2D eigenvalue weighted by Gasteiger charge is -2.25. The third-order valence-electron chi connectivity index (χ3n) is 5.78. The van der Waals surface area contributed by atoms with Crippen LogP contribution in [0.5, 0.6) is 5.75 Å². The molecule has 2 amide bonds. The van der Waals surface area contributed by atoms with Gasteiger partial charge in [0.05, 0.1) is 23.1 Å². The highest BCUT2D eigenvalue weighted by Gasteiger charge is 2.49. The summed E-state index contributed by atoms with van der Waals surface area (Å²) in [5.74, 6) is -0.165. The second-order valence-electron chi connectivity index (χ2n) is 7.89. The zero-order valence-electron chi connectivity index (χ0n) is 16.1. The van der Waals surface area contributed by atoms with Gasteiger partial charge in [-0.25, -0.2) is 4.79 Å². The minimum Gasteiger partial charge on any atom is -0.423 e. The SMILES string of the molecule is Cc1ccc(OC(=O)c2ccc(N3C(=O)[C@H]4CC[C@H](C)C[C@H]4C3=O)cc2)cc1. The summed E-state index contributed by atoms with van der Waals surface area (Å²) >= 11 is 0. The molecule has 2 fully saturated rings. The summed E-state index contributed by atoms with van der Waals surface area (Å²) in [4.78, 5) is 39.2. The summed E-state index contributed by atoms with van der Waals surface area (Å²) in [5, 5.41) is 0. The Labute approximate surface area is 164 Å². The molecule has 1 heterocycles. The predicted molar refractivity (Wildman–Crippen MR) is 105 cm³/mol. The van der Waals surface area contributed by atoms with Crippen molar-refractivity contribution in [1.29, 1.82) is 0 Å². The number of aryl methyl sites for hydroxylation is 1. The fraction of sp³-hybridized carbons (Fsp3) is 0.348. The Morgan fingerprint density at radius 2 is 1.57 bits per heavy atom. The Morgan fingerprint density at radius 3 is 2.25 bits per heavy atom. The van der Waals surface area contributed by atoms with Crippen LogP contribution in [0.1, 0.15) is 42.1 Å². The van der Waals surface area contributed by atoms with Gasteiger partial charge in [0, 0.05) is 0 Å². The van der Waals surface area contributed by atoms with Crippen molar-refractivity contribution < 1.29 is 19.1 Å². The Balaban J connectivity index is 1.50.